The van der Waals surface area contributed by atoms with E-state index in [4.69, 9.17) is 0 Å². The number of aryl methyl sites for hydroxylation is 2. The summed E-state index contributed by atoms with van der Waals surface area (Å²) in [4.78, 5) is 12.9. The summed E-state index contributed by atoms with van der Waals surface area (Å²) in [5.41, 5.74) is 3.72. The van der Waals surface area contributed by atoms with Gasteiger partial charge in [-0.25, -0.2) is 9.97 Å². The van der Waals surface area contributed by atoms with Crippen molar-refractivity contribution in [2.45, 2.75) is 33.3 Å². The molecular weight excluding hydrogens is 226 g/mol. The second-order valence-corrected chi connectivity index (χ2v) is 4.30. The molecule has 4 heteroatoms. The van der Waals surface area contributed by atoms with Crippen molar-refractivity contribution in [3.8, 4) is 11.4 Å². The number of aliphatic hydroxyl groups excluding tert-OH is 1. The van der Waals surface area contributed by atoms with E-state index in [2.05, 4.69) is 21.9 Å². The Hall–Kier alpha value is -1.81. The summed E-state index contributed by atoms with van der Waals surface area (Å²) in [5.74, 6) is 0.691. The maximum atomic E-state index is 9.58. The third-order valence-corrected chi connectivity index (χ3v) is 2.99. The maximum Gasteiger partial charge on any atom is 0.159 e. The van der Waals surface area contributed by atoms with Gasteiger partial charge < -0.3 is 5.11 Å². The lowest BCUT2D eigenvalue weighted by Gasteiger charge is -2.10. The van der Waals surface area contributed by atoms with Gasteiger partial charge in [0.2, 0.25) is 0 Å². The normalized spacial score (nSPS) is 12.4. The molecule has 1 N–H and O–H groups in total. The van der Waals surface area contributed by atoms with E-state index in [1.807, 2.05) is 19.2 Å². The Bertz CT molecular complexity index is 552. The van der Waals surface area contributed by atoms with E-state index in [9.17, 15) is 5.11 Å². The van der Waals surface area contributed by atoms with Crippen LogP contribution in [0.1, 0.15) is 36.8 Å². The fraction of sp³-hybridized carbons (Fsp3) is 0.357. The molecule has 0 unspecified atom stereocenters. The van der Waals surface area contributed by atoms with Crippen molar-refractivity contribution in [3.05, 3.63) is 41.5 Å². The number of pyridine rings is 1. The zero-order valence-electron chi connectivity index (χ0n) is 10.9. The summed E-state index contributed by atoms with van der Waals surface area (Å²) < 4.78 is 0. The fourth-order valence-corrected chi connectivity index (χ4v) is 1.94. The number of hydrogen-bond donors (Lipinski definition) is 1. The lowest BCUT2D eigenvalue weighted by atomic mass is 10.1. The predicted octanol–water partition coefficient (Wildman–Crippen LogP) is 2.46. The van der Waals surface area contributed by atoms with Crippen molar-refractivity contribution < 1.29 is 5.11 Å². The lowest BCUT2D eigenvalue weighted by molar-refractivity contribution is 0.197. The first-order valence-electron chi connectivity index (χ1n) is 6.08. The highest BCUT2D eigenvalue weighted by Gasteiger charge is 2.11. The van der Waals surface area contributed by atoms with E-state index >= 15 is 0 Å². The Kier molecular flexibility index (Phi) is 3.67. The standard InChI is InChI=1S/C14H17N3O/c1-4-11-7-15-6-5-12(11)14-16-8-13(10(3)18)9(2)17-14/h5-8,10,18H,4H2,1-3H3/t10-/m0/s1. The zero-order chi connectivity index (χ0) is 13.1. The third kappa shape index (κ3) is 2.38. The van der Waals surface area contributed by atoms with E-state index in [1.54, 1.807) is 19.3 Å². The molecule has 0 fully saturated rings. The molecule has 0 aromatic carbocycles. The second kappa shape index (κ2) is 5.23. The van der Waals surface area contributed by atoms with Gasteiger partial charge in [-0.2, -0.15) is 0 Å². The van der Waals surface area contributed by atoms with Crippen molar-refractivity contribution in [1.29, 1.82) is 0 Å². The van der Waals surface area contributed by atoms with Crippen molar-refractivity contribution >= 4 is 0 Å². The predicted molar refractivity (Wildman–Crippen MR) is 70.0 cm³/mol. The molecule has 0 bridgehead atoms. The van der Waals surface area contributed by atoms with Crippen LogP contribution in [0.25, 0.3) is 11.4 Å². The van der Waals surface area contributed by atoms with Gasteiger partial charge in [0.25, 0.3) is 0 Å². The minimum atomic E-state index is -0.540. The van der Waals surface area contributed by atoms with E-state index in [0.717, 1.165) is 28.8 Å². The first-order valence-corrected chi connectivity index (χ1v) is 6.08. The average Bonchev–Trinajstić information content (AvgIpc) is 2.38. The Morgan fingerprint density at radius 2 is 2.11 bits per heavy atom. The van der Waals surface area contributed by atoms with Crippen LogP contribution in [-0.2, 0) is 6.42 Å². The van der Waals surface area contributed by atoms with Crippen molar-refractivity contribution in [2.75, 3.05) is 0 Å². The van der Waals surface area contributed by atoms with Gasteiger partial charge in [-0.15, -0.1) is 0 Å². The van der Waals surface area contributed by atoms with Crippen LogP contribution in [0, 0.1) is 6.92 Å². The monoisotopic (exact) mass is 243 g/mol. The number of aliphatic hydroxyl groups is 1. The smallest absolute Gasteiger partial charge is 0.159 e. The Balaban J connectivity index is 2.49. The van der Waals surface area contributed by atoms with Gasteiger partial charge >= 0.3 is 0 Å². The molecule has 0 aliphatic rings. The molecule has 0 spiro atoms. The van der Waals surface area contributed by atoms with Crippen LogP contribution < -0.4 is 0 Å². The molecule has 1 atom stereocenters. The molecule has 18 heavy (non-hydrogen) atoms. The average molecular weight is 243 g/mol. The Morgan fingerprint density at radius 1 is 1.33 bits per heavy atom. The number of rotatable bonds is 3. The SMILES string of the molecule is CCc1cnccc1-c1ncc([C@H](C)O)c(C)n1. The van der Waals surface area contributed by atoms with E-state index in [1.165, 1.54) is 0 Å². The molecule has 2 rings (SSSR count). The lowest BCUT2D eigenvalue weighted by Crippen LogP contribution is -2.02. The quantitative estimate of drug-likeness (QED) is 0.899. The van der Waals surface area contributed by atoms with E-state index in [0.29, 0.717) is 5.82 Å². The third-order valence-electron chi connectivity index (χ3n) is 2.99. The van der Waals surface area contributed by atoms with Gasteiger partial charge in [0.1, 0.15) is 0 Å². The molecule has 2 aromatic rings. The van der Waals surface area contributed by atoms with Crippen LogP contribution in [-0.4, -0.2) is 20.1 Å². The molecule has 0 amide bonds. The van der Waals surface area contributed by atoms with Crippen LogP contribution in [0.4, 0.5) is 0 Å². The molecule has 0 radical (unpaired) electrons. The van der Waals surface area contributed by atoms with Crippen LogP contribution in [0.15, 0.2) is 24.7 Å². The van der Waals surface area contributed by atoms with Crippen LogP contribution >= 0.6 is 0 Å². The van der Waals surface area contributed by atoms with Gasteiger partial charge in [-0.1, -0.05) is 6.92 Å². The van der Waals surface area contributed by atoms with Crippen LogP contribution in [0.3, 0.4) is 0 Å². The number of aromatic nitrogens is 3. The van der Waals surface area contributed by atoms with E-state index in [-0.39, 0.29) is 0 Å². The first kappa shape index (κ1) is 12.6. The number of hydrogen-bond acceptors (Lipinski definition) is 4. The molecule has 0 aliphatic heterocycles. The van der Waals surface area contributed by atoms with E-state index < -0.39 is 6.10 Å². The van der Waals surface area contributed by atoms with Crippen molar-refractivity contribution in [2.24, 2.45) is 0 Å². The maximum absolute atomic E-state index is 9.58. The highest BCUT2D eigenvalue weighted by atomic mass is 16.3. The Labute approximate surface area is 107 Å². The van der Waals surface area contributed by atoms with Crippen LogP contribution in [0.5, 0.6) is 0 Å². The summed E-state index contributed by atoms with van der Waals surface area (Å²) >= 11 is 0. The second-order valence-electron chi connectivity index (χ2n) is 4.30. The summed E-state index contributed by atoms with van der Waals surface area (Å²) in [5, 5.41) is 9.58. The highest BCUT2D eigenvalue weighted by molar-refractivity contribution is 5.59. The molecule has 0 aliphatic carbocycles. The van der Waals surface area contributed by atoms with Gasteiger partial charge in [-0.3, -0.25) is 4.98 Å². The largest absolute Gasteiger partial charge is 0.389 e. The first-order chi connectivity index (χ1) is 8.63. The summed E-state index contributed by atoms with van der Waals surface area (Å²) in [6.45, 7) is 5.69. The minimum Gasteiger partial charge on any atom is -0.389 e. The molecule has 2 aromatic heterocycles. The molecule has 94 valence electrons. The molecule has 2 heterocycles. The summed E-state index contributed by atoms with van der Waals surface area (Å²) in [6.07, 6.45) is 5.64. The molecular formula is C14H17N3O. The highest BCUT2D eigenvalue weighted by Crippen LogP contribution is 2.22. The minimum absolute atomic E-state index is 0.540. The topological polar surface area (TPSA) is 58.9 Å². The molecule has 0 saturated carbocycles. The molecule has 0 saturated heterocycles. The van der Waals surface area contributed by atoms with Gasteiger partial charge in [0.05, 0.1) is 6.10 Å². The van der Waals surface area contributed by atoms with Gasteiger partial charge in [-0.05, 0) is 31.9 Å². The fourth-order valence-electron chi connectivity index (χ4n) is 1.94. The van der Waals surface area contributed by atoms with Crippen molar-refractivity contribution in [1.82, 2.24) is 15.0 Å². The number of nitrogens with zero attached hydrogens (tertiary/aromatic N) is 3. The Morgan fingerprint density at radius 3 is 2.72 bits per heavy atom. The zero-order valence-corrected chi connectivity index (χ0v) is 10.9. The molecule has 4 nitrogen and oxygen atoms in total. The summed E-state index contributed by atoms with van der Waals surface area (Å²) in [7, 11) is 0. The van der Waals surface area contributed by atoms with Gasteiger partial charge in [0, 0.05) is 35.4 Å². The van der Waals surface area contributed by atoms with Crippen molar-refractivity contribution in [3.63, 3.8) is 0 Å². The summed E-state index contributed by atoms with van der Waals surface area (Å²) in [6, 6.07) is 1.93. The van der Waals surface area contributed by atoms with Gasteiger partial charge in [0.15, 0.2) is 5.82 Å². The van der Waals surface area contributed by atoms with Crippen LogP contribution in [0.2, 0.25) is 0 Å².